The number of rotatable bonds is 6. The molecule has 0 atom stereocenters. The SMILES string of the molecule is CCn1cc(Br)c(-c2ccnc3cc(C(=O)Nc4ccc(S(=O)(=O)N5CCOCC5)cc4)nn23)n1. The number of carbonyl (C=O) groups excluding carboxylic acids is 1. The number of aromatic nitrogens is 5. The van der Waals surface area contributed by atoms with Crippen LogP contribution < -0.4 is 5.32 Å². The number of sulfonamides is 1. The number of ether oxygens (including phenoxy) is 1. The Bertz CT molecular complexity index is 1490. The second-order valence-electron chi connectivity index (χ2n) is 7.81. The number of fused-ring (bicyclic) bond motifs is 1. The molecule has 1 aliphatic heterocycles. The van der Waals surface area contributed by atoms with Crippen LogP contribution in [0.15, 0.2) is 58.2 Å². The van der Waals surface area contributed by atoms with Crippen molar-refractivity contribution in [2.75, 3.05) is 31.6 Å². The van der Waals surface area contributed by atoms with Crippen LogP contribution in [0.4, 0.5) is 5.69 Å². The lowest BCUT2D eigenvalue weighted by atomic mass is 10.3. The van der Waals surface area contributed by atoms with Gasteiger partial charge in [-0.05, 0) is 53.2 Å². The Morgan fingerprint density at radius 2 is 1.89 bits per heavy atom. The van der Waals surface area contributed by atoms with E-state index in [1.807, 2.05) is 13.1 Å². The first kappa shape index (κ1) is 23.6. The van der Waals surface area contributed by atoms with Crippen LogP contribution in [-0.2, 0) is 21.3 Å². The molecule has 0 saturated carbocycles. The fourth-order valence-corrected chi connectivity index (χ4v) is 5.69. The molecule has 11 nitrogen and oxygen atoms in total. The number of morpholine rings is 1. The van der Waals surface area contributed by atoms with E-state index in [9.17, 15) is 13.2 Å². The maximum Gasteiger partial charge on any atom is 0.276 e. The number of halogens is 1. The Balaban J connectivity index is 1.37. The van der Waals surface area contributed by atoms with E-state index in [1.54, 1.807) is 39.7 Å². The molecule has 35 heavy (non-hydrogen) atoms. The summed E-state index contributed by atoms with van der Waals surface area (Å²) in [6.45, 7) is 4.10. The minimum absolute atomic E-state index is 0.163. The van der Waals surface area contributed by atoms with Gasteiger partial charge < -0.3 is 10.1 Å². The summed E-state index contributed by atoms with van der Waals surface area (Å²) in [6.07, 6.45) is 3.51. The van der Waals surface area contributed by atoms with Gasteiger partial charge in [-0.1, -0.05) is 0 Å². The van der Waals surface area contributed by atoms with E-state index < -0.39 is 15.9 Å². The maximum atomic E-state index is 12.9. The highest BCUT2D eigenvalue weighted by Crippen LogP contribution is 2.27. The zero-order valence-electron chi connectivity index (χ0n) is 18.8. The fourth-order valence-electron chi connectivity index (χ4n) is 3.76. The molecule has 0 unspecified atom stereocenters. The third-order valence-corrected chi connectivity index (χ3v) is 8.09. The molecule has 0 spiro atoms. The predicted molar refractivity (Wildman–Crippen MR) is 132 cm³/mol. The molecule has 1 saturated heterocycles. The number of nitrogens with zero attached hydrogens (tertiary/aromatic N) is 6. The number of hydrogen-bond acceptors (Lipinski definition) is 7. The van der Waals surface area contributed by atoms with Gasteiger partial charge in [0.2, 0.25) is 10.0 Å². The number of anilines is 1. The number of aryl methyl sites for hydroxylation is 1. The van der Waals surface area contributed by atoms with E-state index in [-0.39, 0.29) is 10.6 Å². The molecule has 0 bridgehead atoms. The number of hydrogen-bond donors (Lipinski definition) is 1. The minimum Gasteiger partial charge on any atom is -0.379 e. The Morgan fingerprint density at radius 3 is 2.57 bits per heavy atom. The summed E-state index contributed by atoms with van der Waals surface area (Å²) in [7, 11) is -3.61. The van der Waals surface area contributed by atoms with Gasteiger partial charge in [0.15, 0.2) is 11.3 Å². The van der Waals surface area contributed by atoms with Crippen molar-refractivity contribution in [3.8, 4) is 11.4 Å². The van der Waals surface area contributed by atoms with Crippen LogP contribution in [0, 0.1) is 0 Å². The van der Waals surface area contributed by atoms with Gasteiger partial charge in [-0.15, -0.1) is 0 Å². The van der Waals surface area contributed by atoms with E-state index in [4.69, 9.17) is 4.74 Å². The summed E-state index contributed by atoms with van der Waals surface area (Å²) in [6, 6.07) is 9.43. The molecule has 182 valence electrons. The Morgan fingerprint density at radius 1 is 1.14 bits per heavy atom. The summed E-state index contributed by atoms with van der Waals surface area (Å²) in [5, 5.41) is 11.8. The summed E-state index contributed by atoms with van der Waals surface area (Å²) >= 11 is 3.53. The lowest BCUT2D eigenvalue weighted by molar-refractivity contribution is 0.0730. The molecule has 5 rings (SSSR count). The third kappa shape index (κ3) is 4.59. The van der Waals surface area contributed by atoms with Gasteiger partial charge in [0.25, 0.3) is 5.91 Å². The van der Waals surface area contributed by atoms with Crippen molar-refractivity contribution in [2.24, 2.45) is 0 Å². The molecule has 1 N–H and O–H groups in total. The number of benzene rings is 1. The molecular weight excluding hydrogens is 538 g/mol. The zero-order valence-corrected chi connectivity index (χ0v) is 21.2. The van der Waals surface area contributed by atoms with Crippen LogP contribution in [0.1, 0.15) is 17.4 Å². The minimum atomic E-state index is -3.61. The van der Waals surface area contributed by atoms with Crippen LogP contribution in [-0.4, -0.2) is 69.3 Å². The van der Waals surface area contributed by atoms with Crippen LogP contribution in [0.5, 0.6) is 0 Å². The van der Waals surface area contributed by atoms with Crippen LogP contribution in [0.25, 0.3) is 17.0 Å². The Hall–Kier alpha value is -3.13. The lowest BCUT2D eigenvalue weighted by Gasteiger charge is -2.26. The van der Waals surface area contributed by atoms with E-state index >= 15 is 0 Å². The van der Waals surface area contributed by atoms with Crippen molar-refractivity contribution >= 4 is 43.2 Å². The molecule has 13 heteroatoms. The van der Waals surface area contributed by atoms with Gasteiger partial charge in [-0.2, -0.15) is 14.5 Å². The highest BCUT2D eigenvalue weighted by Gasteiger charge is 2.26. The monoisotopic (exact) mass is 559 g/mol. The lowest BCUT2D eigenvalue weighted by Crippen LogP contribution is -2.40. The van der Waals surface area contributed by atoms with E-state index in [2.05, 4.69) is 36.4 Å². The summed E-state index contributed by atoms with van der Waals surface area (Å²) in [4.78, 5) is 17.4. The largest absolute Gasteiger partial charge is 0.379 e. The van der Waals surface area contributed by atoms with E-state index in [0.29, 0.717) is 55.6 Å². The second-order valence-corrected chi connectivity index (χ2v) is 10.6. The van der Waals surface area contributed by atoms with Gasteiger partial charge in [0.1, 0.15) is 5.69 Å². The molecule has 1 aromatic carbocycles. The first-order chi connectivity index (χ1) is 16.9. The molecule has 1 fully saturated rings. The van der Waals surface area contributed by atoms with Crippen molar-refractivity contribution in [3.63, 3.8) is 0 Å². The van der Waals surface area contributed by atoms with Crippen LogP contribution >= 0.6 is 15.9 Å². The van der Waals surface area contributed by atoms with Crippen molar-refractivity contribution in [1.82, 2.24) is 28.7 Å². The number of carbonyl (C=O) groups is 1. The highest BCUT2D eigenvalue weighted by atomic mass is 79.9. The third-order valence-electron chi connectivity index (χ3n) is 5.59. The smallest absolute Gasteiger partial charge is 0.276 e. The normalized spacial score (nSPS) is 14.9. The number of amides is 1. The van der Waals surface area contributed by atoms with Gasteiger partial charge in [0.05, 0.1) is 28.3 Å². The van der Waals surface area contributed by atoms with Crippen molar-refractivity contribution in [2.45, 2.75) is 18.4 Å². The molecule has 1 aliphatic rings. The molecular formula is C22H22BrN7O4S. The maximum absolute atomic E-state index is 12.9. The number of nitrogens with one attached hydrogen (secondary N) is 1. The highest BCUT2D eigenvalue weighted by molar-refractivity contribution is 9.10. The molecule has 4 aromatic rings. The molecule has 1 amide bonds. The summed E-state index contributed by atoms with van der Waals surface area (Å²) < 4.78 is 36.4. The van der Waals surface area contributed by atoms with Crippen LogP contribution in [0.2, 0.25) is 0 Å². The average molecular weight is 560 g/mol. The molecule has 4 heterocycles. The van der Waals surface area contributed by atoms with Crippen molar-refractivity contribution in [1.29, 1.82) is 0 Å². The van der Waals surface area contributed by atoms with E-state index in [1.165, 1.54) is 16.4 Å². The predicted octanol–water partition coefficient (Wildman–Crippen LogP) is 2.65. The van der Waals surface area contributed by atoms with Crippen LogP contribution in [0.3, 0.4) is 0 Å². The quantitative estimate of drug-likeness (QED) is 0.385. The zero-order chi connectivity index (χ0) is 24.6. The van der Waals surface area contributed by atoms with Crippen molar-refractivity contribution in [3.05, 3.63) is 59.0 Å². The van der Waals surface area contributed by atoms with Gasteiger partial charge >= 0.3 is 0 Å². The average Bonchev–Trinajstić information content (AvgIpc) is 3.48. The summed E-state index contributed by atoms with van der Waals surface area (Å²) in [5.41, 5.74) is 2.49. The van der Waals surface area contributed by atoms with Gasteiger partial charge in [-0.3, -0.25) is 9.48 Å². The Labute approximate surface area is 209 Å². The standard InChI is InChI=1S/C22H22BrN7O4S/c1-2-28-14-17(23)21(27-28)19-7-8-24-20-13-18(26-30(19)20)22(31)25-15-3-5-16(6-4-15)35(32,33)29-9-11-34-12-10-29/h3-8,13-14H,2,9-12H2,1H3,(H,25,31). The topological polar surface area (TPSA) is 124 Å². The Kier molecular flexibility index (Phi) is 6.40. The second kappa shape index (κ2) is 9.49. The first-order valence-electron chi connectivity index (χ1n) is 10.9. The van der Waals surface area contributed by atoms with E-state index in [0.717, 1.165) is 4.47 Å². The molecule has 3 aromatic heterocycles. The summed E-state index contributed by atoms with van der Waals surface area (Å²) in [5.74, 6) is -0.441. The van der Waals surface area contributed by atoms with Crippen molar-refractivity contribution < 1.29 is 17.9 Å². The first-order valence-corrected chi connectivity index (χ1v) is 13.2. The van der Waals surface area contributed by atoms with Gasteiger partial charge in [-0.25, -0.2) is 17.9 Å². The molecule has 0 radical (unpaired) electrons. The molecule has 0 aliphatic carbocycles. The van der Waals surface area contributed by atoms with Gasteiger partial charge in [0, 0.05) is 43.8 Å². The fraction of sp³-hybridized carbons (Fsp3) is 0.273.